The van der Waals surface area contributed by atoms with Gasteiger partial charge in [0.05, 0.1) is 18.8 Å². The predicted octanol–water partition coefficient (Wildman–Crippen LogP) is 1.79. The molecule has 3 rings (SSSR count). The van der Waals surface area contributed by atoms with Crippen molar-refractivity contribution in [3.05, 3.63) is 0 Å². The molecule has 3 fully saturated rings. The minimum absolute atomic E-state index is 0.0297. The van der Waals surface area contributed by atoms with Crippen molar-refractivity contribution in [2.75, 3.05) is 19.8 Å². The SMILES string of the molecule is O=C(O)C1(C2CCOC3(CCCC3)C2)COCCC1=O. The van der Waals surface area contributed by atoms with Gasteiger partial charge >= 0.3 is 5.97 Å². The molecular weight excluding hydrogens is 260 g/mol. The third-order valence-electron chi connectivity index (χ3n) is 5.39. The topological polar surface area (TPSA) is 72.8 Å². The lowest BCUT2D eigenvalue weighted by molar-refractivity contribution is -0.181. The lowest BCUT2D eigenvalue weighted by Gasteiger charge is -2.46. The van der Waals surface area contributed by atoms with Gasteiger partial charge in [0.1, 0.15) is 0 Å². The molecule has 2 heterocycles. The second kappa shape index (κ2) is 5.11. The number of carboxylic acid groups (broad SMARTS) is 1. The fourth-order valence-electron chi connectivity index (χ4n) is 4.22. The smallest absolute Gasteiger partial charge is 0.319 e. The van der Waals surface area contributed by atoms with Crippen LogP contribution in [0, 0.1) is 11.3 Å². The average Bonchev–Trinajstić information content (AvgIpc) is 2.87. The Morgan fingerprint density at radius 3 is 2.65 bits per heavy atom. The second-order valence-electron chi connectivity index (χ2n) is 6.43. The monoisotopic (exact) mass is 282 g/mol. The van der Waals surface area contributed by atoms with Crippen molar-refractivity contribution < 1.29 is 24.2 Å². The summed E-state index contributed by atoms with van der Waals surface area (Å²) in [6.45, 7) is 0.942. The minimum atomic E-state index is -1.34. The first-order valence-electron chi connectivity index (χ1n) is 7.57. The summed E-state index contributed by atoms with van der Waals surface area (Å²) in [7, 11) is 0. The summed E-state index contributed by atoms with van der Waals surface area (Å²) in [5, 5.41) is 9.70. The fourth-order valence-corrected chi connectivity index (χ4v) is 4.22. The lowest BCUT2D eigenvalue weighted by Crippen LogP contribution is -2.55. The van der Waals surface area contributed by atoms with Gasteiger partial charge in [-0.15, -0.1) is 0 Å². The van der Waals surface area contributed by atoms with Crippen molar-refractivity contribution >= 4 is 11.8 Å². The number of ether oxygens (including phenoxy) is 2. The summed E-state index contributed by atoms with van der Waals surface area (Å²) >= 11 is 0. The Bertz CT molecular complexity index is 412. The van der Waals surface area contributed by atoms with E-state index in [-0.39, 0.29) is 30.3 Å². The second-order valence-corrected chi connectivity index (χ2v) is 6.43. The molecule has 0 radical (unpaired) electrons. The third kappa shape index (κ3) is 2.07. The first-order valence-corrected chi connectivity index (χ1v) is 7.57. The van der Waals surface area contributed by atoms with Crippen LogP contribution in [0.25, 0.3) is 0 Å². The molecule has 2 aliphatic heterocycles. The van der Waals surface area contributed by atoms with Crippen molar-refractivity contribution in [2.24, 2.45) is 11.3 Å². The van der Waals surface area contributed by atoms with Crippen molar-refractivity contribution in [2.45, 2.75) is 50.5 Å². The highest BCUT2D eigenvalue weighted by Gasteiger charge is 2.57. The van der Waals surface area contributed by atoms with Crippen LogP contribution in [0.15, 0.2) is 0 Å². The molecule has 1 saturated carbocycles. The van der Waals surface area contributed by atoms with E-state index >= 15 is 0 Å². The first kappa shape index (κ1) is 14.0. The van der Waals surface area contributed by atoms with Crippen LogP contribution in [0.2, 0.25) is 0 Å². The van der Waals surface area contributed by atoms with Gasteiger partial charge in [0, 0.05) is 13.0 Å². The molecule has 5 nitrogen and oxygen atoms in total. The summed E-state index contributed by atoms with van der Waals surface area (Å²) in [6, 6.07) is 0. The molecule has 1 spiro atoms. The maximum absolute atomic E-state index is 12.4. The van der Waals surface area contributed by atoms with Crippen molar-refractivity contribution in [1.29, 1.82) is 0 Å². The molecule has 112 valence electrons. The number of Topliss-reactive ketones (excluding diaryl/α,β-unsaturated/α-hetero) is 1. The van der Waals surface area contributed by atoms with Crippen LogP contribution in [0.4, 0.5) is 0 Å². The molecular formula is C15H22O5. The van der Waals surface area contributed by atoms with E-state index in [0.717, 1.165) is 25.7 Å². The zero-order valence-corrected chi connectivity index (χ0v) is 11.7. The Balaban J connectivity index is 1.87. The van der Waals surface area contributed by atoms with Crippen LogP contribution >= 0.6 is 0 Å². The molecule has 2 atom stereocenters. The average molecular weight is 282 g/mol. The predicted molar refractivity (Wildman–Crippen MR) is 70.4 cm³/mol. The van der Waals surface area contributed by atoms with Gasteiger partial charge in [-0.2, -0.15) is 0 Å². The molecule has 1 N–H and O–H groups in total. The van der Waals surface area contributed by atoms with E-state index in [4.69, 9.17) is 9.47 Å². The molecule has 0 bridgehead atoms. The maximum Gasteiger partial charge on any atom is 0.319 e. The Kier molecular flexibility index (Phi) is 3.58. The zero-order chi connectivity index (χ0) is 14.2. The molecule has 3 aliphatic rings. The standard InChI is InChI=1S/C15H22O5/c16-12-4-7-19-10-15(12,13(17)18)11-3-8-20-14(9-11)5-1-2-6-14/h11H,1-10H2,(H,17,18). The zero-order valence-electron chi connectivity index (χ0n) is 11.7. The van der Waals surface area contributed by atoms with Crippen LogP contribution < -0.4 is 0 Å². The van der Waals surface area contributed by atoms with Crippen LogP contribution in [0.3, 0.4) is 0 Å². The number of carbonyl (C=O) groups excluding carboxylic acids is 1. The van der Waals surface area contributed by atoms with E-state index < -0.39 is 11.4 Å². The molecule has 0 amide bonds. The number of carbonyl (C=O) groups is 2. The van der Waals surface area contributed by atoms with Gasteiger partial charge in [-0.1, -0.05) is 12.8 Å². The van der Waals surface area contributed by atoms with E-state index in [9.17, 15) is 14.7 Å². The van der Waals surface area contributed by atoms with Gasteiger partial charge in [0.25, 0.3) is 0 Å². The number of rotatable bonds is 2. The molecule has 2 saturated heterocycles. The Morgan fingerprint density at radius 2 is 2.00 bits per heavy atom. The number of hydrogen-bond acceptors (Lipinski definition) is 4. The summed E-state index contributed by atoms with van der Waals surface area (Å²) in [5.74, 6) is -1.32. The molecule has 0 aromatic carbocycles. The Hall–Kier alpha value is -0.940. The Labute approximate surface area is 118 Å². The number of carboxylic acids is 1. The van der Waals surface area contributed by atoms with E-state index in [0.29, 0.717) is 26.1 Å². The van der Waals surface area contributed by atoms with E-state index in [1.165, 1.54) is 0 Å². The summed E-state index contributed by atoms with van der Waals surface area (Å²) in [6.07, 6.45) is 5.81. The quantitative estimate of drug-likeness (QED) is 0.782. The highest BCUT2D eigenvalue weighted by Crippen LogP contribution is 2.48. The number of aliphatic carboxylic acids is 1. The molecule has 0 aromatic rings. The lowest BCUT2D eigenvalue weighted by atomic mass is 9.64. The van der Waals surface area contributed by atoms with Gasteiger partial charge in [0.15, 0.2) is 11.2 Å². The van der Waals surface area contributed by atoms with Crippen LogP contribution in [-0.4, -0.2) is 42.3 Å². The fraction of sp³-hybridized carbons (Fsp3) is 0.867. The van der Waals surface area contributed by atoms with Crippen molar-refractivity contribution in [3.63, 3.8) is 0 Å². The molecule has 2 unspecified atom stereocenters. The first-order chi connectivity index (χ1) is 9.59. The van der Waals surface area contributed by atoms with Crippen molar-refractivity contribution in [3.8, 4) is 0 Å². The minimum Gasteiger partial charge on any atom is -0.480 e. The summed E-state index contributed by atoms with van der Waals surface area (Å²) in [5.41, 5.74) is -1.51. The van der Waals surface area contributed by atoms with Crippen LogP contribution in [-0.2, 0) is 19.1 Å². The maximum atomic E-state index is 12.4. The Morgan fingerprint density at radius 1 is 1.25 bits per heavy atom. The molecule has 20 heavy (non-hydrogen) atoms. The van der Waals surface area contributed by atoms with E-state index in [1.807, 2.05) is 0 Å². The third-order valence-corrected chi connectivity index (χ3v) is 5.39. The van der Waals surface area contributed by atoms with E-state index in [2.05, 4.69) is 0 Å². The molecule has 5 heteroatoms. The highest BCUT2D eigenvalue weighted by atomic mass is 16.5. The number of ketones is 1. The molecule has 0 aromatic heterocycles. The van der Waals surface area contributed by atoms with Gasteiger partial charge in [-0.25, -0.2) is 0 Å². The normalized spacial score (nSPS) is 37.2. The van der Waals surface area contributed by atoms with E-state index in [1.54, 1.807) is 0 Å². The van der Waals surface area contributed by atoms with Crippen molar-refractivity contribution in [1.82, 2.24) is 0 Å². The van der Waals surface area contributed by atoms with Gasteiger partial charge < -0.3 is 14.6 Å². The highest BCUT2D eigenvalue weighted by molar-refractivity contribution is 6.04. The largest absolute Gasteiger partial charge is 0.480 e. The van der Waals surface area contributed by atoms with Crippen LogP contribution in [0.5, 0.6) is 0 Å². The number of hydrogen-bond donors (Lipinski definition) is 1. The molecule has 1 aliphatic carbocycles. The van der Waals surface area contributed by atoms with Crippen LogP contribution in [0.1, 0.15) is 44.9 Å². The summed E-state index contributed by atoms with van der Waals surface area (Å²) < 4.78 is 11.3. The van der Waals surface area contributed by atoms with Gasteiger partial charge in [-0.3, -0.25) is 9.59 Å². The summed E-state index contributed by atoms with van der Waals surface area (Å²) in [4.78, 5) is 24.2. The van der Waals surface area contributed by atoms with Gasteiger partial charge in [-0.05, 0) is 31.6 Å². The van der Waals surface area contributed by atoms with Gasteiger partial charge in [0.2, 0.25) is 0 Å².